The maximum atomic E-state index is 12.8. The van der Waals surface area contributed by atoms with Crippen LogP contribution in [0.5, 0.6) is 0 Å². The molecule has 0 spiro atoms. The zero-order chi connectivity index (χ0) is 18.4. The third-order valence-corrected chi connectivity index (χ3v) is 5.38. The number of likely N-dealkylation sites (tertiary alicyclic amines) is 1. The number of fused-ring (bicyclic) bond motifs is 1. The first kappa shape index (κ1) is 17.9. The highest BCUT2D eigenvalue weighted by atomic mass is 35.5. The number of benzene rings is 1. The predicted molar refractivity (Wildman–Crippen MR) is 91.7 cm³/mol. The molecule has 3 rings (SSSR count). The lowest BCUT2D eigenvalue weighted by molar-refractivity contribution is -0.155. The van der Waals surface area contributed by atoms with Crippen LogP contribution in [-0.2, 0) is 19.1 Å². The molecule has 0 radical (unpaired) electrons. The Morgan fingerprint density at radius 1 is 1.24 bits per heavy atom. The summed E-state index contributed by atoms with van der Waals surface area (Å²) >= 11 is 5.95. The number of nitrogens with zero attached hydrogens (tertiary/aromatic N) is 1. The highest BCUT2D eigenvalue weighted by Crippen LogP contribution is 2.49. The summed E-state index contributed by atoms with van der Waals surface area (Å²) in [6, 6.07) is 6.61. The Kier molecular flexibility index (Phi) is 4.60. The quantitative estimate of drug-likeness (QED) is 0.652. The van der Waals surface area contributed by atoms with E-state index >= 15 is 0 Å². The Balaban J connectivity index is 2.07. The fourth-order valence-electron chi connectivity index (χ4n) is 3.94. The maximum Gasteiger partial charge on any atom is 0.326 e. The van der Waals surface area contributed by atoms with E-state index in [1.165, 1.54) is 4.90 Å². The van der Waals surface area contributed by atoms with Crippen molar-refractivity contribution in [3.05, 3.63) is 34.9 Å². The van der Waals surface area contributed by atoms with Crippen LogP contribution < -0.4 is 5.32 Å². The average molecular weight is 365 g/mol. The fourth-order valence-corrected chi connectivity index (χ4v) is 4.06. The van der Waals surface area contributed by atoms with E-state index in [-0.39, 0.29) is 25.0 Å². The molecule has 0 unspecified atom stereocenters. The molecule has 2 aliphatic rings. The highest BCUT2D eigenvalue weighted by molar-refractivity contribution is 6.30. The van der Waals surface area contributed by atoms with Crippen molar-refractivity contribution in [2.75, 3.05) is 13.2 Å². The summed E-state index contributed by atoms with van der Waals surface area (Å²) in [6.07, 6.45) is 0. The van der Waals surface area contributed by atoms with E-state index in [2.05, 4.69) is 5.32 Å². The molecule has 0 aromatic heterocycles. The molecule has 2 amide bonds. The van der Waals surface area contributed by atoms with Crippen molar-refractivity contribution in [1.29, 1.82) is 0 Å². The zero-order valence-electron chi connectivity index (χ0n) is 14.4. The third-order valence-electron chi connectivity index (χ3n) is 5.12. The van der Waals surface area contributed by atoms with Gasteiger partial charge < -0.3 is 4.74 Å². The van der Waals surface area contributed by atoms with Crippen LogP contribution in [0.25, 0.3) is 0 Å². The Bertz CT molecular complexity index is 720. The van der Waals surface area contributed by atoms with E-state index in [1.54, 1.807) is 45.0 Å². The minimum Gasteiger partial charge on any atom is -0.465 e. The van der Waals surface area contributed by atoms with Gasteiger partial charge in [-0.15, -0.1) is 0 Å². The van der Waals surface area contributed by atoms with Gasteiger partial charge in [0, 0.05) is 17.6 Å². The van der Waals surface area contributed by atoms with Crippen LogP contribution in [0.15, 0.2) is 24.3 Å². The lowest BCUT2D eigenvalue weighted by atomic mass is 9.80. The van der Waals surface area contributed by atoms with Gasteiger partial charge in [-0.25, -0.2) is 0 Å². The molecule has 1 aromatic rings. The number of carbonyl (C=O) groups excluding carboxylic acids is 3. The van der Waals surface area contributed by atoms with Crippen LogP contribution in [0.3, 0.4) is 0 Å². The zero-order valence-corrected chi connectivity index (χ0v) is 15.2. The number of ether oxygens (including phenoxy) is 1. The number of rotatable bonds is 4. The van der Waals surface area contributed by atoms with E-state index in [0.717, 1.165) is 5.56 Å². The second kappa shape index (κ2) is 6.42. The van der Waals surface area contributed by atoms with E-state index in [9.17, 15) is 14.4 Å². The summed E-state index contributed by atoms with van der Waals surface area (Å²) in [6.45, 7) is 5.60. The normalized spacial score (nSPS) is 31.4. The molecule has 7 heteroatoms. The van der Waals surface area contributed by atoms with E-state index in [0.29, 0.717) is 5.02 Å². The SMILES string of the molecule is CCOC(=O)[C@]1(C)N[C@H](c2ccc(Cl)cc2)[C@@H]2C(=O)N(CC)C(=O)[C@@H]21. The Morgan fingerprint density at radius 3 is 2.44 bits per heavy atom. The largest absolute Gasteiger partial charge is 0.465 e. The fraction of sp³-hybridized carbons (Fsp3) is 0.500. The number of hydrogen-bond acceptors (Lipinski definition) is 5. The summed E-state index contributed by atoms with van der Waals surface area (Å²) < 4.78 is 5.19. The second-order valence-electron chi connectivity index (χ2n) is 6.52. The van der Waals surface area contributed by atoms with Crippen molar-refractivity contribution in [2.45, 2.75) is 32.4 Å². The van der Waals surface area contributed by atoms with Crippen molar-refractivity contribution in [1.82, 2.24) is 10.2 Å². The molecule has 2 fully saturated rings. The van der Waals surface area contributed by atoms with Crippen LogP contribution in [0.2, 0.25) is 5.02 Å². The van der Waals surface area contributed by atoms with E-state index < -0.39 is 29.4 Å². The first-order valence-corrected chi connectivity index (χ1v) is 8.78. The summed E-state index contributed by atoms with van der Waals surface area (Å²) in [7, 11) is 0. The van der Waals surface area contributed by atoms with Crippen molar-refractivity contribution < 1.29 is 19.1 Å². The molecular formula is C18H21ClN2O4. The van der Waals surface area contributed by atoms with Crippen molar-refractivity contribution in [2.24, 2.45) is 11.8 Å². The molecular weight excluding hydrogens is 344 g/mol. The van der Waals surface area contributed by atoms with Crippen LogP contribution >= 0.6 is 11.6 Å². The number of imide groups is 1. The summed E-state index contributed by atoms with van der Waals surface area (Å²) in [5.74, 6) is -2.50. The van der Waals surface area contributed by atoms with Gasteiger partial charge in [0.2, 0.25) is 11.8 Å². The van der Waals surface area contributed by atoms with Gasteiger partial charge in [-0.1, -0.05) is 23.7 Å². The van der Waals surface area contributed by atoms with E-state index in [4.69, 9.17) is 16.3 Å². The molecule has 0 saturated carbocycles. The van der Waals surface area contributed by atoms with Crippen LogP contribution in [0.4, 0.5) is 0 Å². The van der Waals surface area contributed by atoms with Crippen molar-refractivity contribution >= 4 is 29.4 Å². The lowest BCUT2D eigenvalue weighted by Crippen LogP contribution is -2.54. The monoisotopic (exact) mass is 364 g/mol. The molecule has 25 heavy (non-hydrogen) atoms. The van der Waals surface area contributed by atoms with Gasteiger partial charge in [-0.05, 0) is 38.5 Å². The lowest BCUT2D eigenvalue weighted by Gasteiger charge is -2.28. The van der Waals surface area contributed by atoms with Gasteiger partial charge in [-0.2, -0.15) is 0 Å². The van der Waals surface area contributed by atoms with Gasteiger partial charge >= 0.3 is 5.97 Å². The van der Waals surface area contributed by atoms with Crippen LogP contribution in [-0.4, -0.2) is 41.4 Å². The first-order chi connectivity index (χ1) is 11.8. The van der Waals surface area contributed by atoms with Crippen molar-refractivity contribution in [3.8, 4) is 0 Å². The molecule has 6 nitrogen and oxygen atoms in total. The number of amides is 2. The van der Waals surface area contributed by atoms with Crippen LogP contribution in [0.1, 0.15) is 32.4 Å². The minimum atomic E-state index is -1.25. The number of carbonyl (C=O) groups is 3. The number of hydrogen-bond donors (Lipinski definition) is 1. The number of nitrogens with one attached hydrogen (secondary N) is 1. The third kappa shape index (κ3) is 2.64. The molecule has 1 aromatic carbocycles. The summed E-state index contributed by atoms with van der Waals surface area (Å²) in [5, 5.41) is 3.79. The molecule has 0 aliphatic carbocycles. The van der Waals surface area contributed by atoms with Gasteiger partial charge in [0.1, 0.15) is 5.54 Å². The van der Waals surface area contributed by atoms with Gasteiger partial charge in [0.05, 0.1) is 18.4 Å². The van der Waals surface area contributed by atoms with Crippen LogP contribution in [0, 0.1) is 11.8 Å². The van der Waals surface area contributed by atoms with Crippen molar-refractivity contribution in [3.63, 3.8) is 0 Å². The Labute approximate surface area is 151 Å². The molecule has 1 N–H and O–H groups in total. The smallest absolute Gasteiger partial charge is 0.326 e. The topological polar surface area (TPSA) is 75.7 Å². The first-order valence-electron chi connectivity index (χ1n) is 8.40. The highest BCUT2D eigenvalue weighted by Gasteiger charge is 2.66. The standard InChI is InChI=1S/C18H21ClN2O4/c1-4-21-15(22)12-13(16(21)23)18(3,17(24)25-5-2)20-14(12)10-6-8-11(19)9-7-10/h6-9,12-14,20H,4-5H2,1-3H3/t12-,13-,14-,18-/m1/s1. The second-order valence-corrected chi connectivity index (χ2v) is 6.96. The number of halogens is 1. The minimum absolute atomic E-state index is 0.207. The predicted octanol–water partition coefficient (Wildman–Crippen LogP) is 1.93. The van der Waals surface area contributed by atoms with Gasteiger partial charge in [-0.3, -0.25) is 24.6 Å². The Hall–Kier alpha value is -1.92. The molecule has 2 saturated heterocycles. The molecule has 0 bridgehead atoms. The number of esters is 1. The molecule has 2 heterocycles. The molecule has 134 valence electrons. The van der Waals surface area contributed by atoms with Gasteiger partial charge in [0.15, 0.2) is 0 Å². The Morgan fingerprint density at radius 2 is 1.88 bits per heavy atom. The summed E-state index contributed by atoms with van der Waals surface area (Å²) in [4.78, 5) is 39.5. The van der Waals surface area contributed by atoms with E-state index in [1.807, 2.05) is 0 Å². The summed E-state index contributed by atoms with van der Waals surface area (Å²) in [5.41, 5.74) is -0.437. The average Bonchev–Trinajstić information content (AvgIpc) is 3.03. The molecule has 2 aliphatic heterocycles. The van der Waals surface area contributed by atoms with Gasteiger partial charge in [0.25, 0.3) is 0 Å². The maximum absolute atomic E-state index is 12.8. The molecule has 4 atom stereocenters.